The fourth-order valence-electron chi connectivity index (χ4n) is 1.57. The zero-order valence-electron chi connectivity index (χ0n) is 11.6. The maximum Gasteiger partial charge on any atom is 1.00 e. The van der Waals surface area contributed by atoms with Gasteiger partial charge in [-0.15, -0.1) is 0 Å². The van der Waals surface area contributed by atoms with Crippen molar-refractivity contribution in [1.29, 1.82) is 0 Å². The average molecular weight is 302 g/mol. The molecule has 0 amide bonds. The molecule has 0 fully saturated rings. The number of hydrogen-bond acceptors (Lipinski definition) is 4. The largest absolute Gasteiger partial charge is 1.00 e. The first kappa shape index (κ1) is 21.3. The molecule has 18 heavy (non-hydrogen) atoms. The van der Waals surface area contributed by atoms with Crippen LogP contribution in [0.15, 0.2) is 11.5 Å². The van der Waals surface area contributed by atoms with Crippen LogP contribution in [0, 0.1) is 0 Å². The van der Waals surface area contributed by atoms with Gasteiger partial charge in [-0.1, -0.05) is 57.9 Å². The number of allylic oxidation sites excluding steroid dienone is 1. The number of rotatable bonds is 11. The van der Waals surface area contributed by atoms with Crippen LogP contribution in [0.25, 0.3) is 0 Å². The molecule has 0 N–H and O–H groups in total. The van der Waals surface area contributed by atoms with Gasteiger partial charge in [0.2, 0.25) is 0 Å². The van der Waals surface area contributed by atoms with E-state index in [0.29, 0.717) is 10.8 Å². The van der Waals surface area contributed by atoms with Crippen LogP contribution in [-0.4, -0.2) is 13.0 Å². The fourth-order valence-corrected chi connectivity index (χ4v) is 2.57. The Balaban J connectivity index is 0. The van der Waals surface area contributed by atoms with Crippen molar-refractivity contribution in [2.75, 3.05) is 0 Å². The van der Waals surface area contributed by atoms with E-state index >= 15 is 0 Å². The molecule has 0 aromatic rings. The van der Waals surface area contributed by atoms with Crippen molar-refractivity contribution in [2.24, 2.45) is 0 Å². The van der Waals surface area contributed by atoms with Gasteiger partial charge in [0.05, 0.1) is 0 Å². The first-order valence-corrected chi connectivity index (χ1v) is 9.16. The number of hydrogen-bond donors (Lipinski definition) is 0. The van der Waals surface area contributed by atoms with Gasteiger partial charge in [-0.25, -0.2) is 8.42 Å². The van der Waals surface area contributed by atoms with Gasteiger partial charge in [0.1, 0.15) is 0 Å². The second-order valence-corrected chi connectivity index (χ2v) is 7.22. The topological polar surface area (TPSA) is 57.2 Å². The van der Waals surface area contributed by atoms with E-state index in [1.165, 1.54) is 50.4 Å². The van der Waals surface area contributed by atoms with Crippen LogP contribution in [0.3, 0.4) is 0 Å². The molecule has 0 spiro atoms. The Morgan fingerprint density at radius 1 is 1.00 bits per heavy atom. The molecule has 0 unspecified atom stereocenters. The van der Waals surface area contributed by atoms with Crippen LogP contribution in [0.2, 0.25) is 0 Å². The first-order chi connectivity index (χ1) is 8.06. The molecule has 0 aromatic heterocycles. The van der Waals surface area contributed by atoms with E-state index in [1.807, 2.05) is 0 Å². The van der Waals surface area contributed by atoms with Crippen molar-refractivity contribution in [3.63, 3.8) is 0 Å². The molecular formula is C12H23NaO3S2. The Morgan fingerprint density at radius 3 is 2.00 bits per heavy atom. The molecule has 0 aromatic carbocycles. The van der Waals surface area contributed by atoms with Crippen LogP contribution in [0.4, 0.5) is 0 Å². The van der Waals surface area contributed by atoms with Gasteiger partial charge >= 0.3 is 29.6 Å². The van der Waals surface area contributed by atoms with Crippen LogP contribution < -0.4 is 29.6 Å². The summed E-state index contributed by atoms with van der Waals surface area (Å²) < 4.78 is 30.7. The van der Waals surface area contributed by atoms with E-state index in [9.17, 15) is 13.0 Å². The summed E-state index contributed by atoms with van der Waals surface area (Å²) in [5, 5.41) is 1.38. The maximum atomic E-state index is 10.2. The third-order valence-electron chi connectivity index (χ3n) is 2.49. The van der Waals surface area contributed by atoms with Gasteiger partial charge in [0.15, 0.2) is 9.15 Å². The summed E-state index contributed by atoms with van der Waals surface area (Å²) in [6, 6.07) is 0. The Labute approximate surface area is 138 Å². The summed E-state index contributed by atoms with van der Waals surface area (Å²) in [6.45, 7) is 2.21. The minimum absolute atomic E-state index is 0. The third-order valence-corrected chi connectivity index (χ3v) is 4.07. The summed E-state index contributed by atoms with van der Waals surface area (Å²) in [4.78, 5) is 0. The SMILES string of the molecule is CCCCCCCCCC/C=C/SS(=O)(=O)[O-].[Na+]. The Bertz CT molecular complexity index is 290. The zero-order chi connectivity index (χ0) is 13.0. The predicted molar refractivity (Wildman–Crippen MR) is 73.7 cm³/mol. The van der Waals surface area contributed by atoms with E-state index in [1.54, 1.807) is 6.08 Å². The van der Waals surface area contributed by atoms with Crippen LogP contribution >= 0.6 is 10.8 Å². The van der Waals surface area contributed by atoms with Crippen molar-refractivity contribution in [1.82, 2.24) is 0 Å². The van der Waals surface area contributed by atoms with Gasteiger partial charge in [0, 0.05) is 0 Å². The molecule has 3 nitrogen and oxygen atoms in total. The third kappa shape index (κ3) is 19.3. The number of unbranched alkanes of at least 4 members (excludes halogenated alkanes) is 8. The smallest absolute Gasteiger partial charge is 0.739 e. The molecule has 0 heterocycles. The van der Waals surface area contributed by atoms with Gasteiger partial charge < -0.3 is 4.55 Å². The predicted octanol–water partition coefficient (Wildman–Crippen LogP) is 1.23. The molecule has 0 saturated heterocycles. The summed E-state index contributed by atoms with van der Waals surface area (Å²) in [7, 11) is -3.81. The minimum atomic E-state index is -4.15. The Hall–Kier alpha value is 1.000. The van der Waals surface area contributed by atoms with E-state index in [4.69, 9.17) is 0 Å². The molecule has 0 aliphatic rings. The van der Waals surface area contributed by atoms with E-state index < -0.39 is 9.15 Å². The van der Waals surface area contributed by atoms with Gasteiger partial charge in [0.25, 0.3) is 0 Å². The standard InChI is InChI=1S/C12H24O3S2.Na/c1-2-3-4-5-6-7-8-9-10-11-12-16-17(13,14)15;/h11-12H,2-10H2,1H3,(H,13,14,15);/q;+1/p-1/b12-11+;. The van der Waals surface area contributed by atoms with Crippen molar-refractivity contribution >= 4 is 19.9 Å². The molecule has 0 atom stereocenters. The molecule has 0 radical (unpaired) electrons. The first-order valence-electron chi connectivity index (χ1n) is 6.35. The summed E-state index contributed by atoms with van der Waals surface area (Å²) >= 11 is 0. The quantitative estimate of drug-likeness (QED) is 0.249. The second kappa shape index (κ2) is 14.4. The second-order valence-electron chi connectivity index (χ2n) is 4.14. The van der Waals surface area contributed by atoms with Gasteiger partial charge in [-0.05, 0) is 29.0 Å². The maximum absolute atomic E-state index is 10.2. The minimum Gasteiger partial charge on any atom is -0.739 e. The molecule has 0 rings (SSSR count). The molecule has 0 bridgehead atoms. The summed E-state index contributed by atoms with van der Waals surface area (Å²) in [5.41, 5.74) is 0. The average Bonchev–Trinajstić information content (AvgIpc) is 2.24. The molecule has 0 saturated carbocycles. The van der Waals surface area contributed by atoms with E-state index in [0.717, 1.165) is 12.8 Å². The van der Waals surface area contributed by atoms with Crippen molar-refractivity contribution in [3.8, 4) is 0 Å². The van der Waals surface area contributed by atoms with Gasteiger partial charge in [-0.3, -0.25) is 0 Å². The molecular weight excluding hydrogens is 279 g/mol. The summed E-state index contributed by atoms with van der Waals surface area (Å²) in [5.74, 6) is 0. The zero-order valence-corrected chi connectivity index (χ0v) is 15.2. The monoisotopic (exact) mass is 302 g/mol. The van der Waals surface area contributed by atoms with E-state index in [-0.39, 0.29) is 29.6 Å². The van der Waals surface area contributed by atoms with Crippen molar-refractivity contribution in [3.05, 3.63) is 11.5 Å². The van der Waals surface area contributed by atoms with Gasteiger partial charge in [-0.2, -0.15) is 0 Å². The van der Waals surface area contributed by atoms with Crippen molar-refractivity contribution in [2.45, 2.75) is 64.7 Å². The van der Waals surface area contributed by atoms with Crippen molar-refractivity contribution < 1.29 is 42.5 Å². The molecule has 0 aliphatic heterocycles. The fraction of sp³-hybridized carbons (Fsp3) is 0.833. The van der Waals surface area contributed by atoms with E-state index in [2.05, 4.69) is 6.92 Å². The molecule has 0 aliphatic carbocycles. The Morgan fingerprint density at radius 2 is 1.50 bits per heavy atom. The normalized spacial score (nSPS) is 11.7. The van der Waals surface area contributed by atoms with Crippen LogP contribution in [0.5, 0.6) is 0 Å². The molecule has 102 valence electrons. The van der Waals surface area contributed by atoms with Crippen LogP contribution in [0.1, 0.15) is 64.7 Å². The summed E-state index contributed by atoms with van der Waals surface area (Å²) in [6.07, 6.45) is 12.7. The Kier molecular flexibility index (Phi) is 17.1. The molecule has 6 heteroatoms. The van der Waals surface area contributed by atoms with Crippen LogP contribution in [-0.2, 0) is 9.15 Å².